The third-order valence-electron chi connectivity index (χ3n) is 3.49. The molecule has 0 bridgehead atoms. The molecule has 0 aliphatic carbocycles. The molecule has 1 N–H and O–H groups in total. The molecule has 1 amide bonds. The van der Waals surface area contributed by atoms with E-state index in [1.54, 1.807) is 18.5 Å². The van der Waals surface area contributed by atoms with E-state index in [1.807, 2.05) is 0 Å². The molecule has 0 saturated heterocycles. The van der Waals surface area contributed by atoms with Crippen LogP contribution in [-0.4, -0.2) is 24.1 Å². The van der Waals surface area contributed by atoms with Crippen LogP contribution >= 0.6 is 0 Å². The summed E-state index contributed by atoms with van der Waals surface area (Å²) in [5.74, 6) is 0.0798. The molecular formula is C13H15N3O4S. The minimum atomic E-state index is -3.94. The number of hydrogen-bond donors (Lipinski definition) is 1. The number of nitrogens with one attached hydrogen (secondary N) is 1. The number of nitrogens with zero attached hydrogens (tertiary/aromatic N) is 2. The van der Waals surface area contributed by atoms with Gasteiger partial charge in [-0.15, -0.1) is 0 Å². The fraction of sp³-hybridized carbons (Fsp3) is 0.385. The van der Waals surface area contributed by atoms with Crippen molar-refractivity contribution in [2.75, 3.05) is 0 Å². The van der Waals surface area contributed by atoms with Gasteiger partial charge in [-0.05, 0) is 26.7 Å². The number of amides is 1. The first-order valence-corrected chi connectivity index (χ1v) is 8.05. The van der Waals surface area contributed by atoms with Gasteiger partial charge in [0.25, 0.3) is 15.9 Å². The number of rotatable bonds is 3. The van der Waals surface area contributed by atoms with E-state index in [4.69, 9.17) is 4.42 Å². The summed E-state index contributed by atoms with van der Waals surface area (Å²) in [5.41, 5.74) is 1.09. The Kier molecular flexibility index (Phi) is 3.12. The third kappa shape index (κ3) is 2.35. The van der Waals surface area contributed by atoms with Crippen LogP contribution in [-0.2, 0) is 23.0 Å². The first kappa shape index (κ1) is 13.9. The van der Waals surface area contributed by atoms with Gasteiger partial charge in [-0.2, -0.15) is 5.10 Å². The van der Waals surface area contributed by atoms with Crippen molar-refractivity contribution >= 4 is 15.9 Å². The summed E-state index contributed by atoms with van der Waals surface area (Å²) in [6, 6.07) is 1.40. The minimum absolute atomic E-state index is 0.0165. The van der Waals surface area contributed by atoms with E-state index >= 15 is 0 Å². The van der Waals surface area contributed by atoms with Crippen LogP contribution in [0.25, 0.3) is 0 Å². The van der Waals surface area contributed by atoms with Crippen LogP contribution in [0.15, 0.2) is 21.6 Å². The third-order valence-corrected chi connectivity index (χ3v) is 4.93. The second-order valence-corrected chi connectivity index (χ2v) is 6.69. The summed E-state index contributed by atoms with van der Waals surface area (Å²) < 4.78 is 33.5. The molecule has 8 heteroatoms. The van der Waals surface area contributed by atoms with Crippen molar-refractivity contribution < 1.29 is 17.6 Å². The molecule has 1 aliphatic rings. The number of carbonyl (C=O) groups is 1. The lowest BCUT2D eigenvalue weighted by molar-refractivity contribution is 0.0980. The molecule has 1 aliphatic heterocycles. The quantitative estimate of drug-likeness (QED) is 0.918. The lowest BCUT2D eigenvalue weighted by Crippen LogP contribution is -2.31. The highest BCUT2D eigenvalue weighted by atomic mass is 32.2. The molecule has 7 nitrogen and oxygen atoms in total. The van der Waals surface area contributed by atoms with E-state index in [1.165, 1.54) is 12.3 Å². The summed E-state index contributed by atoms with van der Waals surface area (Å²) in [6.07, 6.45) is 3.05. The second-order valence-electron chi connectivity index (χ2n) is 5.04. The smallest absolute Gasteiger partial charge is 0.268 e. The maximum Gasteiger partial charge on any atom is 0.268 e. The van der Waals surface area contributed by atoms with Crippen molar-refractivity contribution in [2.24, 2.45) is 0 Å². The molecule has 0 spiro atoms. The molecule has 3 heterocycles. The average Bonchev–Trinajstić information content (AvgIpc) is 3.02. The van der Waals surface area contributed by atoms with Gasteiger partial charge in [0.05, 0.1) is 17.5 Å². The summed E-state index contributed by atoms with van der Waals surface area (Å²) in [4.78, 5) is 12.2. The van der Waals surface area contributed by atoms with Crippen molar-refractivity contribution in [3.63, 3.8) is 0 Å². The van der Waals surface area contributed by atoms with Crippen molar-refractivity contribution in [1.82, 2.24) is 14.5 Å². The van der Waals surface area contributed by atoms with Crippen LogP contribution < -0.4 is 4.72 Å². The Morgan fingerprint density at radius 3 is 2.86 bits per heavy atom. The Morgan fingerprint density at radius 1 is 1.43 bits per heavy atom. The Labute approximate surface area is 122 Å². The van der Waals surface area contributed by atoms with E-state index < -0.39 is 15.9 Å². The summed E-state index contributed by atoms with van der Waals surface area (Å²) >= 11 is 0. The number of furan rings is 1. The number of carbonyl (C=O) groups excluding carboxylic acids is 1. The Bertz CT molecular complexity index is 817. The molecule has 21 heavy (non-hydrogen) atoms. The van der Waals surface area contributed by atoms with Crippen molar-refractivity contribution in [1.29, 1.82) is 0 Å². The van der Waals surface area contributed by atoms with E-state index in [0.717, 1.165) is 25.1 Å². The maximum atomic E-state index is 12.3. The Hall–Kier alpha value is -2.09. The van der Waals surface area contributed by atoms with Gasteiger partial charge < -0.3 is 4.42 Å². The molecule has 0 aromatic carbocycles. The molecule has 2 aromatic heterocycles. The molecular weight excluding hydrogens is 294 g/mol. The van der Waals surface area contributed by atoms with Gasteiger partial charge in [0.1, 0.15) is 16.4 Å². The summed E-state index contributed by atoms with van der Waals surface area (Å²) in [7, 11) is -3.94. The normalized spacial score (nSPS) is 14.2. The van der Waals surface area contributed by atoms with Gasteiger partial charge in [0, 0.05) is 12.6 Å². The van der Waals surface area contributed by atoms with Crippen LogP contribution in [0.2, 0.25) is 0 Å². The number of fused-ring (bicyclic) bond motifs is 1. The molecule has 0 fully saturated rings. The van der Waals surface area contributed by atoms with E-state index in [2.05, 4.69) is 9.82 Å². The van der Waals surface area contributed by atoms with Crippen LogP contribution in [0.5, 0.6) is 0 Å². The first-order valence-electron chi connectivity index (χ1n) is 6.57. The molecule has 3 rings (SSSR count). The fourth-order valence-corrected chi connectivity index (χ4v) is 3.76. The maximum absolute atomic E-state index is 12.3. The standard InChI is InChI=1S/C13H15N3O4S/c1-8-6-12(9(2)20-8)21(18,19)15-13(17)10-7-14-16-5-3-4-11(10)16/h6-7H,3-5H2,1-2H3,(H,15,17). The predicted molar refractivity (Wildman–Crippen MR) is 73.4 cm³/mol. The molecule has 0 radical (unpaired) electrons. The Balaban J connectivity index is 1.89. The summed E-state index contributed by atoms with van der Waals surface area (Å²) in [5, 5.41) is 4.08. The SMILES string of the molecule is Cc1cc(S(=O)(=O)NC(=O)c2cnn3c2CCC3)c(C)o1. The fourth-order valence-electron chi connectivity index (χ4n) is 2.56. The number of sulfonamides is 1. The number of hydrogen-bond acceptors (Lipinski definition) is 5. The van der Waals surface area contributed by atoms with Crippen LogP contribution in [0.3, 0.4) is 0 Å². The second kappa shape index (κ2) is 4.73. The molecule has 0 unspecified atom stereocenters. The molecule has 2 aromatic rings. The average molecular weight is 309 g/mol. The van der Waals surface area contributed by atoms with Gasteiger partial charge in [-0.25, -0.2) is 13.1 Å². The van der Waals surface area contributed by atoms with Gasteiger partial charge in [-0.1, -0.05) is 0 Å². The first-order chi connectivity index (χ1) is 9.88. The van der Waals surface area contributed by atoms with Crippen LogP contribution in [0, 0.1) is 13.8 Å². The van der Waals surface area contributed by atoms with E-state index in [-0.39, 0.29) is 10.7 Å². The van der Waals surface area contributed by atoms with Crippen LogP contribution in [0.4, 0.5) is 0 Å². The van der Waals surface area contributed by atoms with Gasteiger partial charge >= 0.3 is 0 Å². The van der Waals surface area contributed by atoms with Crippen molar-refractivity contribution in [2.45, 2.75) is 38.1 Å². The van der Waals surface area contributed by atoms with Crippen molar-refractivity contribution in [3.05, 3.63) is 35.0 Å². The zero-order valence-electron chi connectivity index (χ0n) is 11.7. The molecule has 0 atom stereocenters. The van der Waals surface area contributed by atoms with E-state index in [9.17, 15) is 13.2 Å². The summed E-state index contributed by atoms with van der Waals surface area (Å²) in [6.45, 7) is 3.96. The molecule has 0 saturated carbocycles. The number of aryl methyl sites for hydroxylation is 3. The van der Waals surface area contributed by atoms with Crippen LogP contribution in [0.1, 0.15) is 34.0 Å². The zero-order chi connectivity index (χ0) is 15.2. The highest BCUT2D eigenvalue weighted by Crippen LogP contribution is 2.21. The highest BCUT2D eigenvalue weighted by molar-refractivity contribution is 7.90. The zero-order valence-corrected chi connectivity index (χ0v) is 12.5. The topological polar surface area (TPSA) is 94.2 Å². The van der Waals surface area contributed by atoms with E-state index in [0.29, 0.717) is 11.3 Å². The largest absolute Gasteiger partial charge is 0.465 e. The Morgan fingerprint density at radius 2 is 2.19 bits per heavy atom. The predicted octanol–water partition coefficient (Wildman–Crippen LogP) is 1.16. The monoisotopic (exact) mass is 309 g/mol. The van der Waals surface area contributed by atoms with Gasteiger partial charge in [0.15, 0.2) is 0 Å². The molecule has 112 valence electrons. The van der Waals surface area contributed by atoms with Gasteiger partial charge in [0.2, 0.25) is 0 Å². The van der Waals surface area contributed by atoms with Gasteiger partial charge in [-0.3, -0.25) is 9.48 Å². The lowest BCUT2D eigenvalue weighted by Gasteiger charge is -2.05. The van der Waals surface area contributed by atoms with Crippen molar-refractivity contribution in [3.8, 4) is 0 Å². The number of aromatic nitrogens is 2. The highest BCUT2D eigenvalue weighted by Gasteiger charge is 2.27. The minimum Gasteiger partial charge on any atom is -0.465 e. The lowest BCUT2D eigenvalue weighted by atomic mass is 10.2.